The molecule has 1 aromatic carbocycles. The summed E-state index contributed by atoms with van der Waals surface area (Å²) in [5, 5.41) is 3.50. The van der Waals surface area contributed by atoms with Gasteiger partial charge in [0, 0.05) is 31.7 Å². The summed E-state index contributed by atoms with van der Waals surface area (Å²) in [5.74, 6) is 0.447. The van der Waals surface area contributed by atoms with Crippen LogP contribution in [0.5, 0.6) is 5.88 Å². The van der Waals surface area contributed by atoms with E-state index in [9.17, 15) is 13.2 Å². The normalized spacial score (nSPS) is 20.8. The fourth-order valence-corrected chi connectivity index (χ4v) is 8.27. The average molecular weight is 568 g/mol. The molecule has 3 aliphatic rings. The van der Waals surface area contributed by atoms with Crippen molar-refractivity contribution in [2.45, 2.75) is 55.4 Å². The molecule has 1 saturated heterocycles. The van der Waals surface area contributed by atoms with E-state index in [0.29, 0.717) is 46.9 Å². The topological polar surface area (TPSA) is 105 Å². The third-order valence-corrected chi connectivity index (χ3v) is 10.9. The Balaban J connectivity index is 1.21. The van der Waals surface area contributed by atoms with Crippen LogP contribution in [0.2, 0.25) is 0 Å². The SMILES string of the molecule is COc1ccc2nc(NC(=O)C(CC3CCCC3)c3ccc(S(=O)(=O)N4CCN5C=CCC5C4)cc3)sc2n1. The summed E-state index contributed by atoms with van der Waals surface area (Å²) >= 11 is 1.31. The summed E-state index contributed by atoms with van der Waals surface area (Å²) < 4.78 is 33.7. The smallest absolute Gasteiger partial charge is 0.243 e. The number of fused-ring (bicyclic) bond motifs is 2. The molecule has 1 aliphatic carbocycles. The summed E-state index contributed by atoms with van der Waals surface area (Å²) in [4.78, 5) is 25.7. The van der Waals surface area contributed by atoms with Crippen LogP contribution < -0.4 is 10.1 Å². The number of rotatable bonds is 8. The highest BCUT2D eigenvalue weighted by molar-refractivity contribution is 7.89. The molecule has 0 bridgehead atoms. The monoisotopic (exact) mass is 567 g/mol. The molecule has 0 radical (unpaired) electrons. The summed E-state index contributed by atoms with van der Waals surface area (Å²) in [7, 11) is -2.04. The van der Waals surface area contributed by atoms with Gasteiger partial charge >= 0.3 is 0 Å². The fraction of sp³-hybridized carbons (Fsp3) is 0.464. The third kappa shape index (κ3) is 5.39. The lowest BCUT2D eigenvalue weighted by molar-refractivity contribution is -0.118. The molecule has 2 aliphatic heterocycles. The number of sulfonamides is 1. The highest BCUT2D eigenvalue weighted by Gasteiger charge is 2.34. The van der Waals surface area contributed by atoms with Gasteiger partial charge in [-0.05, 0) is 48.7 Å². The molecule has 9 nitrogen and oxygen atoms in total. The summed E-state index contributed by atoms with van der Waals surface area (Å²) in [6.07, 6.45) is 10.4. The van der Waals surface area contributed by atoms with Gasteiger partial charge in [0.15, 0.2) is 5.13 Å². The lowest BCUT2D eigenvalue weighted by atomic mass is 9.87. The maximum atomic E-state index is 13.6. The zero-order chi connectivity index (χ0) is 27.0. The van der Waals surface area contributed by atoms with Crippen molar-refractivity contribution in [1.29, 1.82) is 0 Å². The minimum absolute atomic E-state index is 0.131. The van der Waals surface area contributed by atoms with E-state index in [1.807, 2.05) is 18.2 Å². The predicted molar refractivity (Wildman–Crippen MR) is 151 cm³/mol. The van der Waals surface area contributed by atoms with Crippen LogP contribution >= 0.6 is 11.3 Å². The van der Waals surface area contributed by atoms with E-state index in [1.165, 1.54) is 24.2 Å². The molecule has 4 heterocycles. The Hall–Kier alpha value is -3.02. The van der Waals surface area contributed by atoms with Crippen LogP contribution in [0.1, 0.15) is 50.0 Å². The second kappa shape index (κ2) is 10.9. The lowest BCUT2D eigenvalue weighted by Crippen LogP contribution is -2.51. The molecule has 1 amide bonds. The molecule has 1 saturated carbocycles. The number of nitrogens with zero attached hydrogens (tertiary/aromatic N) is 4. The van der Waals surface area contributed by atoms with Gasteiger partial charge in [0.1, 0.15) is 10.3 Å². The van der Waals surface area contributed by atoms with E-state index in [0.717, 1.165) is 31.2 Å². The maximum Gasteiger partial charge on any atom is 0.243 e. The first-order valence-electron chi connectivity index (χ1n) is 13.6. The number of anilines is 1. The molecule has 6 rings (SSSR count). The van der Waals surface area contributed by atoms with Crippen molar-refractivity contribution in [3.63, 3.8) is 0 Å². The molecular weight excluding hydrogens is 534 g/mol. The molecule has 0 spiro atoms. The van der Waals surface area contributed by atoms with Crippen molar-refractivity contribution in [3.05, 3.63) is 54.2 Å². The number of benzene rings is 1. The number of carbonyl (C=O) groups excluding carboxylic acids is 1. The molecule has 3 aromatic rings. The van der Waals surface area contributed by atoms with E-state index >= 15 is 0 Å². The highest BCUT2D eigenvalue weighted by Crippen LogP contribution is 2.36. The number of methoxy groups -OCH3 is 1. The second-order valence-electron chi connectivity index (χ2n) is 10.6. The number of carbonyl (C=O) groups is 1. The number of aromatic nitrogens is 2. The summed E-state index contributed by atoms with van der Waals surface area (Å²) in [5.41, 5.74) is 1.52. The van der Waals surface area contributed by atoms with Crippen molar-refractivity contribution >= 4 is 42.7 Å². The van der Waals surface area contributed by atoms with Gasteiger partial charge in [-0.3, -0.25) is 4.79 Å². The number of pyridine rings is 1. The largest absolute Gasteiger partial charge is 0.481 e. The molecular formula is C28H33N5O4S2. The maximum absolute atomic E-state index is 13.6. The van der Waals surface area contributed by atoms with Crippen LogP contribution in [0.15, 0.2) is 53.6 Å². The number of hydrogen-bond donors (Lipinski definition) is 1. The van der Waals surface area contributed by atoms with Crippen molar-refractivity contribution in [2.75, 3.05) is 32.1 Å². The molecule has 206 valence electrons. The average Bonchev–Trinajstić information content (AvgIpc) is 3.71. The highest BCUT2D eigenvalue weighted by atomic mass is 32.2. The molecule has 11 heteroatoms. The number of thiazole rings is 1. The second-order valence-corrected chi connectivity index (χ2v) is 13.5. The van der Waals surface area contributed by atoms with Gasteiger partial charge in [0.2, 0.25) is 21.8 Å². The first-order valence-corrected chi connectivity index (χ1v) is 15.8. The van der Waals surface area contributed by atoms with Crippen LogP contribution in [0.3, 0.4) is 0 Å². The van der Waals surface area contributed by atoms with Gasteiger partial charge in [-0.15, -0.1) is 0 Å². The van der Waals surface area contributed by atoms with Crippen LogP contribution in [0.25, 0.3) is 10.3 Å². The van der Waals surface area contributed by atoms with Crippen molar-refractivity contribution in [1.82, 2.24) is 19.2 Å². The van der Waals surface area contributed by atoms with Gasteiger partial charge in [-0.2, -0.15) is 4.31 Å². The summed E-state index contributed by atoms with van der Waals surface area (Å²) in [6.45, 7) is 1.67. The first-order chi connectivity index (χ1) is 18.9. The van der Waals surface area contributed by atoms with Crippen molar-refractivity contribution in [2.24, 2.45) is 5.92 Å². The molecule has 2 aromatic heterocycles. The molecule has 2 atom stereocenters. The molecule has 1 N–H and O–H groups in total. The van der Waals surface area contributed by atoms with Crippen LogP contribution in [-0.4, -0.2) is 66.3 Å². The quantitative estimate of drug-likeness (QED) is 0.424. The van der Waals surface area contributed by atoms with Crippen LogP contribution in [-0.2, 0) is 14.8 Å². The van der Waals surface area contributed by atoms with Crippen molar-refractivity contribution in [3.8, 4) is 5.88 Å². The van der Waals surface area contributed by atoms with Crippen molar-refractivity contribution < 1.29 is 17.9 Å². The van der Waals surface area contributed by atoms with Gasteiger partial charge < -0.3 is 15.0 Å². The minimum Gasteiger partial charge on any atom is -0.481 e. The Morgan fingerprint density at radius 3 is 2.69 bits per heavy atom. The minimum atomic E-state index is -3.60. The van der Waals surface area contributed by atoms with Gasteiger partial charge in [0.25, 0.3) is 0 Å². The zero-order valence-corrected chi connectivity index (χ0v) is 23.6. The number of hydrogen-bond acceptors (Lipinski definition) is 8. The molecule has 2 fully saturated rings. The number of ether oxygens (including phenoxy) is 1. The van der Waals surface area contributed by atoms with E-state index in [1.54, 1.807) is 29.6 Å². The molecule has 39 heavy (non-hydrogen) atoms. The fourth-order valence-electron chi connectivity index (χ4n) is 5.97. The first kappa shape index (κ1) is 26.2. The van der Waals surface area contributed by atoms with E-state index in [2.05, 4.69) is 32.5 Å². The Morgan fingerprint density at radius 1 is 1.13 bits per heavy atom. The third-order valence-electron chi connectivity index (χ3n) is 8.15. The van der Waals surface area contributed by atoms with Crippen LogP contribution in [0.4, 0.5) is 5.13 Å². The Morgan fingerprint density at radius 2 is 1.92 bits per heavy atom. The van der Waals surface area contributed by atoms with Gasteiger partial charge in [-0.25, -0.2) is 18.4 Å². The zero-order valence-electron chi connectivity index (χ0n) is 22.0. The van der Waals surface area contributed by atoms with Gasteiger partial charge in [0.05, 0.1) is 17.9 Å². The Bertz CT molecular complexity index is 1480. The Labute approximate surface area is 232 Å². The Kier molecular flexibility index (Phi) is 7.30. The van der Waals surface area contributed by atoms with Gasteiger partial charge in [-0.1, -0.05) is 55.2 Å². The number of piperazine rings is 1. The number of nitrogens with one attached hydrogen (secondary N) is 1. The summed E-state index contributed by atoms with van der Waals surface area (Å²) in [6, 6.07) is 10.7. The van der Waals surface area contributed by atoms with E-state index in [4.69, 9.17) is 4.74 Å². The van der Waals surface area contributed by atoms with E-state index in [-0.39, 0.29) is 16.8 Å². The van der Waals surface area contributed by atoms with Crippen LogP contribution in [0, 0.1) is 5.92 Å². The molecule has 2 unspecified atom stereocenters. The predicted octanol–water partition coefficient (Wildman–Crippen LogP) is 4.59. The lowest BCUT2D eigenvalue weighted by Gasteiger charge is -2.37. The van der Waals surface area contributed by atoms with E-state index < -0.39 is 15.9 Å². The number of amides is 1. The standard InChI is InChI=1S/C28H33N5O4S2/c1-37-25-13-12-24-27(30-25)38-28(29-24)31-26(34)23(17-19-5-2-3-6-19)20-8-10-22(11-9-20)39(35,36)33-16-15-32-14-4-7-21(32)18-33/h4,8-14,19,21,23H,2-3,5-7,15-18H2,1H3,(H,29,31,34).